The molecular weight excluding hydrogens is 646 g/mol. The number of H-pyrrole nitrogens is 1. The molecular formula is C34H28ClN3O6S2. The number of amides is 3. The molecule has 46 heavy (non-hydrogen) atoms. The van der Waals surface area contributed by atoms with Gasteiger partial charge in [0, 0.05) is 26.8 Å². The Labute approximate surface area is 277 Å². The third-order valence-corrected chi connectivity index (χ3v) is 12.6. The molecule has 9 nitrogen and oxygen atoms in total. The summed E-state index contributed by atoms with van der Waals surface area (Å²) in [6.45, 7) is -0.229. The average molecular weight is 674 g/mol. The fourth-order valence-corrected chi connectivity index (χ4v) is 11.1. The van der Waals surface area contributed by atoms with Crippen LogP contribution in [0.5, 0.6) is 11.5 Å². The zero-order valence-electron chi connectivity index (χ0n) is 24.5. The monoisotopic (exact) mass is 673 g/mol. The van der Waals surface area contributed by atoms with Gasteiger partial charge in [-0.2, -0.15) is 0 Å². The number of fused-ring (bicyclic) bond motifs is 9. The average Bonchev–Trinajstić information content (AvgIpc) is 3.80. The van der Waals surface area contributed by atoms with Crippen LogP contribution in [0.2, 0.25) is 5.02 Å². The lowest BCUT2D eigenvalue weighted by Gasteiger charge is -2.43. The molecule has 2 aliphatic heterocycles. The number of halogens is 1. The summed E-state index contributed by atoms with van der Waals surface area (Å²) in [5.41, 5.74) is 2.15. The van der Waals surface area contributed by atoms with Crippen LogP contribution >= 0.6 is 34.7 Å². The van der Waals surface area contributed by atoms with Crippen LogP contribution in [0.1, 0.15) is 22.8 Å². The predicted octanol–water partition coefficient (Wildman–Crippen LogP) is 5.79. The van der Waals surface area contributed by atoms with Gasteiger partial charge in [0.25, 0.3) is 5.91 Å². The number of aromatic nitrogens is 1. The van der Waals surface area contributed by atoms with Crippen molar-refractivity contribution in [3.63, 3.8) is 0 Å². The van der Waals surface area contributed by atoms with E-state index in [1.807, 2.05) is 42.5 Å². The van der Waals surface area contributed by atoms with Gasteiger partial charge < -0.3 is 19.8 Å². The first kappa shape index (κ1) is 29.3. The number of thioether (sulfide) groups is 1. The lowest BCUT2D eigenvalue weighted by Crippen LogP contribution is -2.42. The second-order valence-corrected chi connectivity index (χ2v) is 14.7. The van der Waals surface area contributed by atoms with Gasteiger partial charge in [-0.3, -0.25) is 24.1 Å². The van der Waals surface area contributed by atoms with Crippen LogP contribution in [0.15, 0.2) is 82.6 Å². The first-order chi connectivity index (χ1) is 22.3. The van der Waals surface area contributed by atoms with Crippen molar-refractivity contribution in [2.45, 2.75) is 22.6 Å². The van der Waals surface area contributed by atoms with E-state index in [0.717, 1.165) is 21.9 Å². The van der Waals surface area contributed by atoms with Crippen molar-refractivity contribution in [3.8, 4) is 11.5 Å². The molecule has 3 heterocycles. The largest absolute Gasteiger partial charge is 0.493 e. The molecule has 3 amide bonds. The van der Waals surface area contributed by atoms with Crippen LogP contribution in [0.4, 0.5) is 11.4 Å². The van der Waals surface area contributed by atoms with Crippen LogP contribution < -0.4 is 24.6 Å². The molecule has 6 unspecified atom stereocenters. The fraction of sp³-hybridized carbons (Fsp3) is 0.294. The number of anilines is 2. The first-order valence-corrected chi connectivity index (χ1v) is 17.1. The zero-order chi connectivity index (χ0) is 31.7. The molecule has 1 aromatic heterocycles. The highest BCUT2D eigenvalue weighted by molar-refractivity contribution is 8.00. The molecule has 1 saturated heterocycles. The second-order valence-electron chi connectivity index (χ2n) is 12.1. The molecule has 8 rings (SSSR count). The van der Waals surface area contributed by atoms with Crippen molar-refractivity contribution in [1.82, 2.24) is 4.98 Å². The number of hydrogen-bond acceptors (Lipinski definition) is 8. The first-order valence-electron chi connectivity index (χ1n) is 15.0. The number of aromatic amines is 1. The molecule has 7 atom stereocenters. The summed E-state index contributed by atoms with van der Waals surface area (Å²) in [6, 6.07) is 21.6. The third-order valence-electron chi connectivity index (χ3n) is 9.77. The molecule has 234 valence electrons. The summed E-state index contributed by atoms with van der Waals surface area (Å²) in [4.78, 5) is 58.2. The van der Waals surface area contributed by atoms with E-state index in [9.17, 15) is 19.2 Å². The van der Waals surface area contributed by atoms with E-state index in [0.29, 0.717) is 27.9 Å². The molecule has 12 heteroatoms. The number of carbonyl (C=O) groups is 3. The van der Waals surface area contributed by atoms with Crippen LogP contribution in [0, 0.1) is 29.6 Å². The van der Waals surface area contributed by atoms with Crippen molar-refractivity contribution in [1.29, 1.82) is 0 Å². The summed E-state index contributed by atoms with van der Waals surface area (Å²) in [7, 11) is 1.54. The van der Waals surface area contributed by atoms with E-state index in [-0.39, 0.29) is 70.0 Å². The molecule has 4 aromatic rings. The minimum atomic E-state index is -0.386. The molecule has 2 aliphatic carbocycles. The number of ether oxygens (including phenoxy) is 2. The SMILES string of the molecule is COc1cc([C@H]2c3sc(=O)[nH]c3SC3C4CC(C5C(=O)N(c6ccccc6)C(=O)C45)C32)ccc1OCC(=O)Nc1ccc(Cl)cc1. The number of rotatable bonds is 7. The number of imide groups is 1. The highest BCUT2D eigenvalue weighted by Gasteiger charge is 2.69. The van der Waals surface area contributed by atoms with Gasteiger partial charge in [-0.15, -0.1) is 11.8 Å². The summed E-state index contributed by atoms with van der Waals surface area (Å²) in [5.74, 6) is -0.561. The Hall–Kier alpha value is -4.06. The summed E-state index contributed by atoms with van der Waals surface area (Å²) >= 11 is 8.78. The lowest BCUT2D eigenvalue weighted by atomic mass is 9.68. The second kappa shape index (κ2) is 11.3. The van der Waals surface area contributed by atoms with Crippen LogP contribution in [0.3, 0.4) is 0 Å². The lowest BCUT2D eigenvalue weighted by molar-refractivity contribution is -0.123. The maximum Gasteiger partial charge on any atom is 0.305 e. The quantitative estimate of drug-likeness (QED) is 0.238. The Bertz CT molecular complexity index is 1930. The van der Waals surface area contributed by atoms with Gasteiger partial charge in [-0.1, -0.05) is 47.2 Å². The van der Waals surface area contributed by atoms with Crippen LogP contribution in [-0.2, 0) is 14.4 Å². The van der Waals surface area contributed by atoms with Gasteiger partial charge in [-0.25, -0.2) is 0 Å². The van der Waals surface area contributed by atoms with E-state index in [2.05, 4.69) is 10.3 Å². The highest BCUT2D eigenvalue weighted by atomic mass is 35.5. The van der Waals surface area contributed by atoms with Gasteiger partial charge in [-0.05, 0) is 78.3 Å². The molecule has 3 fully saturated rings. The molecule has 2 bridgehead atoms. The van der Waals surface area contributed by atoms with Crippen LogP contribution in [-0.4, -0.2) is 41.7 Å². The summed E-state index contributed by atoms with van der Waals surface area (Å²) in [5, 5.41) is 4.26. The standard InChI is InChI=1S/C34H28ClN3O6S2/c1-43-23-13-16(7-12-22(23)44-15-24(39)36-18-10-8-17(35)9-11-18)25-26-20-14-21(29(26)45-31-30(25)46-34(42)37-31)28-27(20)32(40)38(33(28)41)19-5-3-2-4-6-19/h2-13,20-21,25-29H,14-15H2,1H3,(H,36,39)(H,37,42)/t20?,21?,25-,26?,27?,28?,29?/m1/s1. The maximum atomic E-state index is 13.9. The van der Waals surface area contributed by atoms with E-state index >= 15 is 0 Å². The number of thiazole rings is 1. The smallest absolute Gasteiger partial charge is 0.305 e. The summed E-state index contributed by atoms with van der Waals surface area (Å²) in [6.07, 6.45) is 0.800. The molecule has 3 aromatic carbocycles. The molecule has 0 spiro atoms. The minimum Gasteiger partial charge on any atom is -0.493 e. The van der Waals surface area contributed by atoms with Crippen molar-refractivity contribution < 1.29 is 23.9 Å². The Morgan fingerprint density at radius 2 is 1.72 bits per heavy atom. The maximum absolute atomic E-state index is 13.9. The van der Waals surface area contributed by atoms with E-state index in [1.165, 1.54) is 16.2 Å². The third kappa shape index (κ3) is 4.66. The van der Waals surface area contributed by atoms with Crippen molar-refractivity contribution >= 4 is 63.8 Å². The number of hydrogen-bond donors (Lipinski definition) is 2. The number of nitrogens with zero attached hydrogens (tertiary/aromatic N) is 1. The number of carbonyl (C=O) groups excluding carboxylic acids is 3. The fourth-order valence-electron chi connectivity index (χ4n) is 8.09. The van der Waals surface area contributed by atoms with Gasteiger partial charge in [0.05, 0.1) is 29.7 Å². The Morgan fingerprint density at radius 1 is 0.978 bits per heavy atom. The number of para-hydroxylation sites is 1. The molecule has 0 radical (unpaired) electrons. The van der Waals surface area contributed by atoms with Gasteiger partial charge in [0.1, 0.15) is 0 Å². The highest BCUT2D eigenvalue weighted by Crippen LogP contribution is 2.68. The Balaban J connectivity index is 1.09. The van der Waals surface area contributed by atoms with E-state index in [1.54, 1.807) is 49.2 Å². The van der Waals surface area contributed by atoms with Crippen molar-refractivity contribution in [3.05, 3.63) is 97.9 Å². The van der Waals surface area contributed by atoms with Gasteiger partial charge >= 0.3 is 4.87 Å². The summed E-state index contributed by atoms with van der Waals surface area (Å²) < 4.78 is 11.6. The Kier molecular flexibility index (Phi) is 7.23. The molecule has 4 aliphatic rings. The number of benzene rings is 3. The minimum absolute atomic E-state index is 0.00787. The predicted molar refractivity (Wildman–Crippen MR) is 176 cm³/mol. The van der Waals surface area contributed by atoms with Crippen LogP contribution in [0.25, 0.3) is 0 Å². The number of methoxy groups -OCH3 is 1. The van der Waals surface area contributed by atoms with Crippen molar-refractivity contribution in [2.24, 2.45) is 29.6 Å². The number of nitrogens with one attached hydrogen (secondary N) is 2. The Morgan fingerprint density at radius 3 is 2.46 bits per heavy atom. The zero-order valence-corrected chi connectivity index (χ0v) is 26.9. The van der Waals surface area contributed by atoms with Crippen molar-refractivity contribution in [2.75, 3.05) is 23.9 Å². The molecule has 2 saturated carbocycles. The van der Waals surface area contributed by atoms with Gasteiger partial charge in [0.15, 0.2) is 18.1 Å². The van der Waals surface area contributed by atoms with Gasteiger partial charge in [0.2, 0.25) is 11.8 Å². The normalized spacial score (nSPS) is 27.3. The molecule has 2 N–H and O–H groups in total. The van der Waals surface area contributed by atoms with E-state index in [4.69, 9.17) is 21.1 Å². The van der Waals surface area contributed by atoms with E-state index < -0.39 is 0 Å². The topological polar surface area (TPSA) is 118 Å².